The van der Waals surface area contributed by atoms with Crippen molar-refractivity contribution >= 4 is 16.9 Å². The van der Waals surface area contributed by atoms with E-state index in [4.69, 9.17) is 19.0 Å². The average Bonchev–Trinajstić information content (AvgIpc) is 3.41. The van der Waals surface area contributed by atoms with Gasteiger partial charge in [0.05, 0.1) is 36.4 Å². The van der Waals surface area contributed by atoms with Gasteiger partial charge in [0.1, 0.15) is 17.1 Å². The standard InChI is InChI=1S/C38H53F3O7/c1-35(2,3)24-37(7,36(4,5)6)34(45)47-20-10-13-31(44)30(43)12-9-19-46-27-16-15-26-22-33(48-32(26)23-27)28-17-14-25(11-8-18-42)21-29(28)38(39,40)41/h14-17,21-23,30-31,42-44H,8-13,18-20,24H2,1-7H3. The van der Waals surface area contributed by atoms with Crippen molar-refractivity contribution in [2.24, 2.45) is 16.2 Å². The van der Waals surface area contributed by atoms with Crippen LogP contribution in [0.3, 0.4) is 0 Å². The smallest absolute Gasteiger partial charge is 0.417 e. The van der Waals surface area contributed by atoms with Gasteiger partial charge in [0, 0.05) is 23.6 Å². The Morgan fingerprint density at radius 2 is 1.50 bits per heavy atom. The molecule has 0 amide bonds. The molecule has 0 aliphatic carbocycles. The Morgan fingerprint density at radius 1 is 0.854 bits per heavy atom. The largest absolute Gasteiger partial charge is 0.493 e. The molecule has 3 N–H and O–H groups in total. The molecular weight excluding hydrogens is 625 g/mol. The maximum absolute atomic E-state index is 13.9. The lowest BCUT2D eigenvalue weighted by Gasteiger charge is -2.43. The summed E-state index contributed by atoms with van der Waals surface area (Å²) in [6, 6.07) is 10.7. The molecule has 0 radical (unpaired) electrons. The second-order valence-electron chi connectivity index (χ2n) is 15.2. The number of carbonyl (C=O) groups excluding carboxylic acids is 1. The topological polar surface area (TPSA) is 109 Å². The van der Waals surface area contributed by atoms with Crippen molar-refractivity contribution in [1.29, 1.82) is 0 Å². The predicted molar refractivity (Wildman–Crippen MR) is 181 cm³/mol. The maximum atomic E-state index is 13.9. The molecule has 3 atom stereocenters. The molecular formula is C38H53F3O7. The number of aliphatic hydroxyl groups excluding tert-OH is 3. The minimum atomic E-state index is -4.58. The van der Waals surface area contributed by atoms with Crippen LogP contribution in [0.15, 0.2) is 46.9 Å². The summed E-state index contributed by atoms with van der Waals surface area (Å²) in [5.74, 6) is 0.295. The fourth-order valence-electron chi connectivity index (χ4n) is 5.90. The molecule has 1 heterocycles. The lowest BCUT2D eigenvalue weighted by molar-refractivity contribution is -0.165. The Morgan fingerprint density at radius 3 is 2.08 bits per heavy atom. The van der Waals surface area contributed by atoms with Crippen LogP contribution in [-0.4, -0.2) is 53.3 Å². The molecule has 0 bridgehead atoms. The Labute approximate surface area is 282 Å². The SMILES string of the molecule is CC(C)(C)CC(C)(C(=O)OCCCC(O)C(O)CCCOc1ccc2cc(-c3ccc(CCCO)cc3C(F)(F)F)oc2c1)C(C)(C)C. The summed E-state index contributed by atoms with van der Waals surface area (Å²) in [7, 11) is 0. The maximum Gasteiger partial charge on any atom is 0.417 e. The van der Waals surface area contributed by atoms with Crippen LogP contribution < -0.4 is 4.74 Å². The molecule has 3 aromatic rings. The van der Waals surface area contributed by atoms with E-state index in [0.717, 1.165) is 6.07 Å². The van der Waals surface area contributed by atoms with Gasteiger partial charge in [-0.3, -0.25) is 4.79 Å². The number of hydrogen-bond donors (Lipinski definition) is 3. The van der Waals surface area contributed by atoms with Crippen LogP contribution in [0.25, 0.3) is 22.3 Å². The Balaban J connectivity index is 1.49. The molecule has 1 aromatic heterocycles. The van der Waals surface area contributed by atoms with Gasteiger partial charge >= 0.3 is 12.1 Å². The molecule has 0 fully saturated rings. The van der Waals surface area contributed by atoms with Crippen LogP contribution in [0.5, 0.6) is 5.75 Å². The Bertz CT molecular complexity index is 1480. The van der Waals surface area contributed by atoms with Crippen molar-refractivity contribution in [3.8, 4) is 17.1 Å². The van der Waals surface area contributed by atoms with Crippen molar-refractivity contribution < 1.29 is 47.2 Å². The monoisotopic (exact) mass is 678 g/mol. The van der Waals surface area contributed by atoms with Gasteiger partial charge in [-0.1, -0.05) is 53.7 Å². The van der Waals surface area contributed by atoms with Crippen molar-refractivity contribution in [3.63, 3.8) is 0 Å². The number of aliphatic hydroxyl groups is 3. The molecule has 268 valence electrons. The number of hydrogen-bond acceptors (Lipinski definition) is 7. The zero-order valence-corrected chi connectivity index (χ0v) is 29.4. The summed E-state index contributed by atoms with van der Waals surface area (Å²) in [4.78, 5) is 13.1. The van der Waals surface area contributed by atoms with Crippen LogP contribution in [0, 0.1) is 16.2 Å². The lowest BCUT2D eigenvalue weighted by atomic mass is 9.61. The van der Waals surface area contributed by atoms with Gasteiger partial charge in [-0.15, -0.1) is 0 Å². The van der Waals surface area contributed by atoms with E-state index < -0.39 is 29.4 Å². The molecule has 0 spiro atoms. The average molecular weight is 679 g/mol. The second-order valence-corrected chi connectivity index (χ2v) is 15.2. The third kappa shape index (κ3) is 10.7. The molecule has 7 nitrogen and oxygen atoms in total. The minimum absolute atomic E-state index is 0.0560. The van der Waals surface area contributed by atoms with E-state index in [-0.39, 0.29) is 60.8 Å². The number of furan rings is 1. The van der Waals surface area contributed by atoms with Crippen LogP contribution in [-0.2, 0) is 22.1 Å². The van der Waals surface area contributed by atoms with E-state index in [2.05, 4.69) is 20.8 Å². The number of ether oxygens (including phenoxy) is 2. The number of aryl methyl sites for hydroxylation is 1. The minimum Gasteiger partial charge on any atom is -0.493 e. The molecule has 0 aliphatic rings. The highest BCUT2D eigenvalue weighted by Crippen LogP contribution is 2.47. The summed E-state index contributed by atoms with van der Waals surface area (Å²) in [6.45, 7) is 14.7. The number of fused-ring (bicyclic) bond motifs is 1. The molecule has 2 aromatic carbocycles. The third-order valence-corrected chi connectivity index (χ3v) is 8.99. The van der Waals surface area contributed by atoms with Crippen molar-refractivity contribution in [1.82, 2.24) is 0 Å². The molecule has 3 unspecified atom stereocenters. The number of alkyl halides is 3. The van der Waals surface area contributed by atoms with Gasteiger partial charge in [0.15, 0.2) is 0 Å². The van der Waals surface area contributed by atoms with Gasteiger partial charge in [-0.25, -0.2) is 0 Å². The van der Waals surface area contributed by atoms with E-state index in [0.29, 0.717) is 54.4 Å². The number of carbonyl (C=O) groups is 1. The number of rotatable bonds is 16. The van der Waals surface area contributed by atoms with Gasteiger partial charge in [0.25, 0.3) is 0 Å². The molecule has 0 saturated heterocycles. The quantitative estimate of drug-likeness (QED) is 0.103. The Kier molecular flexibility index (Phi) is 13.2. The summed E-state index contributed by atoms with van der Waals surface area (Å²) in [5, 5.41) is 30.6. The fraction of sp³-hybridized carbons (Fsp3) is 0.605. The number of benzene rings is 2. The predicted octanol–water partition coefficient (Wildman–Crippen LogP) is 8.74. The van der Waals surface area contributed by atoms with Gasteiger partial charge in [0.2, 0.25) is 0 Å². The second kappa shape index (κ2) is 16.1. The molecule has 10 heteroatoms. The van der Waals surface area contributed by atoms with Crippen LogP contribution in [0.1, 0.15) is 98.1 Å². The summed E-state index contributed by atoms with van der Waals surface area (Å²) in [5.41, 5.74) is -1.02. The van der Waals surface area contributed by atoms with E-state index in [1.54, 1.807) is 30.3 Å². The van der Waals surface area contributed by atoms with E-state index >= 15 is 0 Å². The third-order valence-electron chi connectivity index (χ3n) is 8.99. The molecule has 0 aliphatic heterocycles. The first kappa shape index (κ1) is 39.4. The van der Waals surface area contributed by atoms with Crippen LogP contribution >= 0.6 is 0 Å². The first-order chi connectivity index (χ1) is 22.2. The normalized spacial score (nSPS) is 15.3. The fourth-order valence-corrected chi connectivity index (χ4v) is 5.90. The zero-order chi connectivity index (χ0) is 35.9. The summed E-state index contributed by atoms with van der Waals surface area (Å²) >= 11 is 0. The zero-order valence-electron chi connectivity index (χ0n) is 29.4. The Hall–Kier alpha value is -3.08. The molecule has 48 heavy (non-hydrogen) atoms. The highest BCUT2D eigenvalue weighted by atomic mass is 19.4. The van der Waals surface area contributed by atoms with Gasteiger partial charge in [-0.05, 0) is 92.5 Å². The lowest BCUT2D eigenvalue weighted by Crippen LogP contribution is -2.44. The molecule has 0 saturated carbocycles. The van der Waals surface area contributed by atoms with Crippen LogP contribution in [0.2, 0.25) is 0 Å². The van der Waals surface area contributed by atoms with Gasteiger partial charge in [-0.2, -0.15) is 13.2 Å². The highest BCUT2D eigenvalue weighted by Gasteiger charge is 2.47. The van der Waals surface area contributed by atoms with E-state index in [9.17, 15) is 28.2 Å². The number of esters is 1. The highest BCUT2D eigenvalue weighted by molar-refractivity contribution is 5.84. The van der Waals surface area contributed by atoms with Crippen molar-refractivity contribution in [3.05, 3.63) is 53.6 Å². The van der Waals surface area contributed by atoms with E-state index in [1.165, 1.54) is 6.07 Å². The summed E-state index contributed by atoms with van der Waals surface area (Å²) in [6.07, 6.45) is -3.72. The molecule has 3 rings (SSSR count). The van der Waals surface area contributed by atoms with Gasteiger partial charge < -0.3 is 29.2 Å². The first-order valence-corrected chi connectivity index (χ1v) is 16.8. The van der Waals surface area contributed by atoms with Crippen molar-refractivity contribution in [2.75, 3.05) is 19.8 Å². The summed E-state index contributed by atoms with van der Waals surface area (Å²) < 4.78 is 59.0. The number of halogens is 3. The van der Waals surface area contributed by atoms with Crippen molar-refractivity contribution in [2.45, 2.75) is 112 Å². The van der Waals surface area contributed by atoms with E-state index in [1.807, 2.05) is 27.7 Å². The van der Waals surface area contributed by atoms with Crippen LogP contribution in [0.4, 0.5) is 13.2 Å². The first-order valence-electron chi connectivity index (χ1n) is 16.8.